The van der Waals surface area contributed by atoms with Gasteiger partial charge in [0.2, 0.25) is 0 Å². The van der Waals surface area contributed by atoms with Crippen molar-refractivity contribution >= 4 is 5.96 Å². The number of rotatable bonds is 4. The fourth-order valence-electron chi connectivity index (χ4n) is 2.69. The predicted octanol–water partition coefficient (Wildman–Crippen LogP) is 0.117. The van der Waals surface area contributed by atoms with E-state index in [2.05, 4.69) is 16.5 Å². The fraction of sp³-hybridized carbons (Fsp3) is 0.643. The van der Waals surface area contributed by atoms with E-state index in [1.165, 1.54) is 0 Å². The maximum atomic E-state index is 5.93. The molecule has 0 saturated carbocycles. The Morgan fingerprint density at radius 2 is 1.95 bits per heavy atom. The van der Waals surface area contributed by atoms with E-state index < -0.39 is 0 Å². The highest BCUT2D eigenvalue weighted by molar-refractivity contribution is 5.77. The second kappa shape index (κ2) is 6.76. The molecule has 2 aliphatic heterocycles. The van der Waals surface area contributed by atoms with Crippen LogP contribution in [0.15, 0.2) is 29.0 Å². The highest BCUT2D eigenvalue weighted by Crippen LogP contribution is 2.26. The number of allylic oxidation sites excluding steroid dienone is 2. The Morgan fingerprint density at radius 1 is 1.25 bits per heavy atom. The zero-order valence-corrected chi connectivity index (χ0v) is 11.9. The molecule has 112 valence electrons. The van der Waals surface area contributed by atoms with Gasteiger partial charge in [-0.15, -0.1) is 0 Å². The largest absolute Gasteiger partial charge is 0.381 e. The second-order valence-electron chi connectivity index (χ2n) is 5.48. The van der Waals surface area contributed by atoms with Gasteiger partial charge in [-0.05, 0) is 25.3 Å². The average molecular weight is 279 g/mol. The predicted molar refractivity (Wildman–Crippen MR) is 80.7 cm³/mol. The van der Waals surface area contributed by atoms with Gasteiger partial charge in [-0.3, -0.25) is 0 Å². The summed E-state index contributed by atoms with van der Waals surface area (Å²) in [5.74, 6) is 0.424. The van der Waals surface area contributed by atoms with Crippen molar-refractivity contribution < 1.29 is 4.74 Å². The zero-order chi connectivity index (χ0) is 14.5. The molecule has 0 aromatic rings. The van der Waals surface area contributed by atoms with Gasteiger partial charge in [0.15, 0.2) is 5.96 Å². The summed E-state index contributed by atoms with van der Waals surface area (Å²) in [4.78, 5) is 6.48. The number of aliphatic imine (C=N–C) groups is 1. The minimum Gasteiger partial charge on any atom is -0.381 e. The summed E-state index contributed by atoms with van der Waals surface area (Å²) in [6, 6.07) is 0.231. The molecule has 6 heteroatoms. The fourth-order valence-corrected chi connectivity index (χ4v) is 2.69. The Kier molecular flexibility index (Phi) is 5.03. The number of ether oxygens (including phenoxy) is 1. The van der Waals surface area contributed by atoms with Crippen LogP contribution in [0.3, 0.4) is 0 Å². The summed E-state index contributed by atoms with van der Waals surface area (Å²) >= 11 is 0. The lowest BCUT2D eigenvalue weighted by Crippen LogP contribution is -2.27. The molecule has 2 aliphatic rings. The third kappa shape index (κ3) is 3.98. The SMILES string of the molecule is C=C(/C=C(\N=C(N)N)C1CCOCC1)N1CC[C@@H](N)C1. The first-order chi connectivity index (χ1) is 9.56. The van der Waals surface area contributed by atoms with Crippen LogP contribution in [0.5, 0.6) is 0 Å². The monoisotopic (exact) mass is 279 g/mol. The average Bonchev–Trinajstić information content (AvgIpc) is 2.85. The molecule has 0 amide bonds. The van der Waals surface area contributed by atoms with Gasteiger partial charge < -0.3 is 26.8 Å². The van der Waals surface area contributed by atoms with Gasteiger partial charge in [0.25, 0.3) is 0 Å². The zero-order valence-electron chi connectivity index (χ0n) is 11.9. The molecule has 2 heterocycles. The smallest absolute Gasteiger partial charge is 0.190 e. The summed E-state index contributed by atoms with van der Waals surface area (Å²) in [5.41, 5.74) is 18.9. The Hall–Kier alpha value is -1.53. The van der Waals surface area contributed by atoms with Crippen LogP contribution in [0, 0.1) is 5.92 Å². The first kappa shape index (κ1) is 14.9. The minimum absolute atomic E-state index is 0.0914. The van der Waals surface area contributed by atoms with E-state index in [1.54, 1.807) is 0 Å². The highest BCUT2D eigenvalue weighted by Gasteiger charge is 2.22. The minimum atomic E-state index is 0.0914. The molecule has 1 atom stereocenters. The van der Waals surface area contributed by atoms with Crippen molar-refractivity contribution in [3.63, 3.8) is 0 Å². The van der Waals surface area contributed by atoms with Gasteiger partial charge in [0.05, 0.1) is 0 Å². The summed E-state index contributed by atoms with van der Waals surface area (Å²) in [7, 11) is 0. The van der Waals surface area contributed by atoms with Gasteiger partial charge in [0.1, 0.15) is 0 Å². The molecule has 0 aromatic heterocycles. The van der Waals surface area contributed by atoms with E-state index in [0.29, 0.717) is 5.92 Å². The Morgan fingerprint density at radius 3 is 2.50 bits per heavy atom. The Bertz CT molecular complexity index is 408. The lowest BCUT2D eigenvalue weighted by atomic mass is 9.96. The molecule has 20 heavy (non-hydrogen) atoms. The van der Waals surface area contributed by atoms with Crippen LogP contribution in [0.1, 0.15) is 19.3 Å². The van der Waals surface area contributed by atoms with Crippen LogP contribution >= 0.6 is 0 Å². The number of nitrogens with zero attached hydrogens (tertiary/aromatic N) is 2. The molecule has 2 rings (SSSR count). The molecular weight excluding hydrogens is 254 g/mol. The van der Waals surface area contributed by atoms with Crippen molar-refractivity contribution in [2.24, 2.45) is 28.1 Å². The summed E-state index contributed by atoms with van der Waals surface area (Å²) in [6.07, 6.45) is 4.88. The quantitative estimate of drug-likeness (QED) is 0.385. The Balaban J connectivity index is 2.10. The first-order valence-electron chi connectivity index (χ1n) is 7.14. The summed E-state index contributed by atoms with van der Waals surface area (Å²) < 4.78 is 5.39. The van der Waals surface area contributed by atoms with Crippen LogP contribution in [-0.2, 0) is 4.74 Å². The maximum Gasteiger partial charge on any atom is 0.190 e. The molecule has 0 unspecified atom stereocenters. The normalized spacial score (nSPS) is 24.8. The Labute approximate surface area is 120 Å². The third-order valence-electron chi connectivity index (χ3n) is 3.84. The molecule has 6 N–H and O–H groups in total. The van der Waals surface area contributed by atoms with Gasteiger partial charge in [-0.2, -0.15) is 0 Å². The maximum absolute atomic E-state index is 5.93. The van der Waals surface area contributed by atoms with E-state index >= 15 is 0 Å². The number of likely N-dealkylation sites (tertiary alicyclic amines) is 1. The highest BCUT2D eigenvalue weighted by atomic mass is 16.5. The topological polar surface area (TPSA) is 103 Å². The van der Waals surface area contributed by atoms with Crippen LogP contribution in [0.4, 0.5) is 0 Å². The molecule has 2 fully saturated rings. The number of hydrogen-bond acceptors (Lipinski definition) is 4. The molecule has 2 saturated heterocycles. The van der Waals surface area contributed by atoms with E-state index in [0.717, 1.165) is 57.0 Å². The molecule has 0 aromatic carbocycles. The van der Waals surface area contributed by atoms with Crippen LogP contribution < -0.4 is 17.2 Å². The number of guanidine groups is 1. The van der Waals surface area contributed by atoms with Crippen molar-refractivity contribution in [1.82, 2.24) is 4.90 Å². The van der Waals surface area contributed by atoms with E-state index in [-0.39, 0.29) is 12.0 Å². The second-order valence-corrected chi connectivity index (χ2v) is 5.48. The molecular formula is C14H25N5O. The summed E-state index contributed by atoms with van der Waals surface area (Å²) in [6.45, 7) is 7.42. The van der Waals surface area contributed by atoms with Crippen LogP contribution in [0.2, 0.25) is 0 Å². The summed E-state index contributed by atoms with van der Waals surface area (Å²) in [5, 5.41) is 0. The van der Waals surface area contributed by atoms with Crippen molar-refractivity contribution in [3.8, 4) is 0 Å². The lowest BCUT2D eigenvalue weighted by Gasteiger charge is -2.24. The van der Waals surface area contributed by atoms with Crippen LogP contribution in [-0.4, -0.2) is 43.2 Å². The van der Waals surface area contributed by atoms with Crippen molar-refractivity contribution in [2.75, 3.05) is 26.3 Å². The van der Waals surface area contributed by atoms with Gasteiger partial charge >= 0.3 is 0 Å². The van der Waals surface area contributed by atoms with Crippen LogP contribution in [0.25, 0.3) is 0 Å². The molecule has 6 nitrogen and oxygen atoms in total. The standard InChI is InChI=1S/C14H25N5O/c1-10(19-5-2-12(15)9-19)8-13(18-14(16)17)11-3-6-20-7-4-11/h8,11-12H,1-7,9,15H2,(H4,16,17,18)/b13-8-/t12-/m1/s1. The number of hydrogen-bond donors (Lipinski definition) is 3. The van der Waals surface area contributed by atoms with Crippen molar-refractivity contribution in [2.45, 2.75) is 25.3 Å². The molecule has 0 spiro atoms. The lowest BCUT2D eigenvalue weighted by molar-refractivity contribution is 0.0754. The third-order valence-corrected chi connectivity index (χ3v) is 3.84. The van der Waals surface area contributed by atoms with E-state index in [9.17, 15) is 0 Å². The molecule has 0 radical (unpaired) electrons. The first-order valence-corrected chi connectivity index (χ1v) is 7.14. The van der Waals surface area contributed by atoms with E-state index in [4.69, 9.17) is 21.9 Å². The van der Waals surface area contributed by atoms with Gasteiger partial charge in [0, 0.05) is 49.7 Å². The molecule has 0 bridgehead atoms. The van der Waals surface area contributed by atoms with Crippen molar-refractivity contribution in [1.29, 1.82) is 0 Å². The van der Waals surface area contributed by atoms with Gasteiger partial charge in [-0.1, -0.05) is 6.58 Å². The number of nitrogens with two attached hydrogens (primary N) is 3. The molecule has 0 aliphatic carbocycles. The van der Waals surface area contributed by atoms with Crippen molar-refractivity contribution in [3.05, 3.63) is 24.0 Å². The van der Waals surface area contributed by atoms with E-state index in [1.807, 2.05) is 6.08 Å². The van der Waals surface area contributed by atoms with Gasteiger partial charge in [-0.25, -0.2) is 4.99 Å².